The highest BCUT2D eigenvalue weighted by Crippen LogP contribution is 2.53. The quantitative estimate of drug-likeness (QED) is 0.403. The van der Waals surface area contributed by atoms with Gasteiger partial charge in [-0.25, -0.2) is 9.37 Å². The molecule has 2 saturated heterocycles. The Morgan fingerprint density at radius 1 is 1.20 bits per heavy atom. The lowest BCUT2D eigenvalue weighted by atomic mass is 9.61. The molecule has 11 heteroatoms. The molecule has 8 rings (SSSR count). The number of nitrogen functional groups attached to an aromatic ring is 1. The van der Waals surface area contributed by atoms with Crippen molar-refractivity contribution >= 4 is 11.5 Å². The maximum absolute atomic E-state index is 14.3. The van der Waals surface area contributed by atoms with Crippen LogP contribution in [0.2, 0.25) is 0 Å². The van der Waals surface area contributed by atoms with Crippen molar-refractivity contribution < 1.29 is 13.7 Å². The standard InChI is InChI=1S/C34H41FN8O2/c1-20(26-15-22(35)18-42(26)2)44-28-16-27(43-14-13-38-33(19-43)11-12-33)39-32(40-28)30-23-6-4-10-34(31(23)45-41-30)9-3-5-21-7-8-25(37)24(17-36)29(21)34/h7-8,16,20,22,26,38H,3-6,9-15,18-19,37H2,1-2H3. The Kier molecular flexibility index (Phi) is 6.80. The van der Waals surface area contributed by atoms with Crippen LogP contribution in [-0.2, 0) is 18.3 Å². The second-order valence-electron chi connectivity index (χ2n) is 14.0. The van der Waals surface area contributed by atoms with Gasteiger partial charge in [0.15, 0.2) is 17.3 Å². The second kappa shape index (κ2) is 10.7. The molecule has 4 atom stereocenters. The molecule has 1 aromatic carbocycles. The summed E-state index contributed by atoms with van der Waals surface area (Å²) in [6.07, 6.45) is 7.04. The van der Waals surface area contributed by atoms with Crippen molar-refractivity contribution in [3.8, 4) is 23.5 Å². The predicted molar refractivity (Wildman–Crippen MR) is 168 cm³/mol. The van der Waals surface area contributed by atoms with E-state index in [0.29, 0.717) is 41.6 Å². The minimum Gasteiger partial charge on any atom is -0.473 e. The molecule has 4 heterocycles. The smallest absolute Gasteiger partial charge is 0.219 e. The van der Waals surface area contributed by atoms with Gasteiger partial charge in [-0.2, -0.15) is 10.2 Å². The summed E-state index contributed by atoms with van der Waals surface area (Å²) in [6, 6.07) is 8.22. The fraction of sp³-hybridized carbons (Fsp3) is 0.588. The van der Waals surface area contributed by atoms with Gasteiger partial charge in [0, 0.05) is 55.1 Å². The number of nitriles is 1. The number of ether oxygens (including phenoxy) is 1. The van der Waals surface area contributed by atoms with Crippen molar-refractivity contribution in [1.29, 1.82) is 5.26 Å². The van der Waals surface area contributed by atoms with Crippen LogP contribution in [0.25, 0.3) is 11.5 Å². The summed E-state index contributed by atoms with van der Waals surface area (Å²) in [5.41, 5.74) is 10.9. The van der Waals surface area contributed by atoms with E-state index in [1.165, 1.54) is 5.56 Å². The van der Waals surface area contributed by atoms with E-state index in [0.717, 1.165) is 93.7 Å². The molecule has 236 valence electrons. The van der Waals surface area contributed by atoms with E-state index in [-0.39, 0.29) is 17.7 Å². The number of likely N-dealkylation sites (N-methyl/N-ethyl adjacent to an activating group) is 1. The average Bonchev–Trinajstić information content (AvgIpc) is 3.45. The van der Waals surface area contributed by atoms with Gasteiger partial charge in [-0.3, -0.25) is 4.90 Å². The van der Waals surface area contributed by atoms with E-state index in [2.05, 4.69) is 27.5 Å². The number of alkyl halides is 1. The zero-order valence-electron chi connectivity index (χ0n) is 26.1. The van der Waals surface area contributed by atoms with Crippen LogP contribution in [-0.4, -0.2) is 77.1 Å². The predicted octanol–water partition coefficient (Wildman–Crippen LogP) is 4.30. The number of hydrogen-bond donors (Lipinski definition) is 2. The Labute approximate surface area is 263 Å². The zero-order valence-corrected chi connectivity index (χ0v) is 26.1. The van der Waals surface area contributed by atoms with Crippen molar-refractivity contribution in [1.82, 2.24) is 25.3 Å². The molecule has 0 radical (unpaired) electrons. The van der Waals surface area contributed by atoms with Crippen LogP contribution in [0, 0.1) is 11.3 Å². The number of nitrogens with zero attached hydrogens (tertiary/aromatic N) is 6. The molecule has 2 aliphatic heterocycles. The molecule has 3 fully saturated rings. The van der Waals surface area contributed by atoms with Gasteiger partial charge in [-0.1, -0.05) is 11.2 Å². The summed E-state index contributed by atoms with van der Waals surface area (Å²) >= 11 is 0. The molecular formula is C34H41FN8O2. The maximum Gasteiger partial charge on any atom is 0.219 e. The first kappa shape index (κ1) is 28.7. The third kappa shape index (κ3) is 4.76. The molecule has 3 aliphatic carbocycles. The summed E-state index contributed by atoms with van der Waals surface area (Å²) in [4.78, 5) is 14.4. The number of aryl methyl sites for hydroxylation is 1. The van der Waals surface area contributed by atoms with Gasteiger partial charge in [0.25, 0.3) is 0 Å². The molecule has 0 bridgehead atoms. The molecule has 0 amide bonds. The van der Waals surface area contributed by atoms with Crippen LogP contribution >= 0.6 is 0 Å². The highest BCUT2D eigenvalue weighted by atomic mass is 19.1. The number of anilines is 2. The third-order valence-electron chi connectivity index (χ3n) is 11.1. The Morgan fingerprint density at radius 3 is 2.78 bits per heavy atom. The van der Waals surface area contributed by atoms with Crippen LogP contribution in [0.5, 0.6) is 5.88 Å². The Hall–Kier alpha value is -3.75. The van der Waals surface area contributed by atoms with E-state index >= 15 is 0 Å². The van der Waals surface area contributed by atoms with Gasteiger partial charge >= 0.3 is 0 Å². The molecular weight excluding hydrogens is 571 g/mol. The van der Waals surface area contributed by atoms with Crippen LogP contribution in [0.4, 0.5) is 15.9 Å². The van der Waals surface area contributed by atoms with Crippen LogP contribution in [0.3, 0.4) is 0 Å². The van der Waals surface area contributed by atoms with E-state index in [9.17, 15) is 9.65 Å². The fourth-order valence-electron chi connectivity index (χ4n) is 8.66. The van der Waals surface area contributed by atoms with Crippen LogP contribution in [0.1, 0.15) is 79.9 Å². The first-order chi connectivity index (χ1) is 21.8. The molecule has 2 spiro atoms. The number of nitrogens with one attached hydrogen (secondary N) is 1. The van der Waals surface area contributed by atoms with E-state index < -0.39 is 11.6 Å². The molecule has 5 aliphatic rings. The lowest BCUT2D eigenvalue weighted by molar-refractivity contribution is 0.117. The number of likely N-dealkylation sites (tertiary alicyclic amines) is 1. The zero-order chi connectivity index (χ0) is 30.9. The van der Waals surface area contributed by atoms with Gasteiger partial charge in [0.2, 0.25) is 5.88 Å². The topological polar surface area (TPSA) is 129 Å². The number of rotatable bonds is 5. The number of nitrogens with two attached hydrogens (primary N) is 1. The number of piperazine rings is 1. The second-order valence-corrected chi connectivity index (χ2v) is 14.0. The molecule has 1 saturated carbocycles. The van der Waals surface area contributed by atoms with Crippen LogP contribution < -0.4 is 20.7 Å². The third-order valence-corrected chi connectivity index (χ3v) is 11.1. The maximum atomic E-state index is 14.3. The Morgan fingerprint density at radius 2 is 2.02 bits per heavy atom. The number of fused-ring (bicyclic) bond motifs is 4. The number of halogens is 1. The number of hydrogen-bond acceptors (Lipinski definition) is 10. The summed E-state index contributed by atoms with van der Waals surface area (Å²) in [5.74, 6) is 2.57. The Balaban J connectivity index is 1.21. The van der Waals surface area contributed by atoms with E-state index in [1.807, 2.05) is 31.0 Å². The highest BCUT2D eigenvalue weighted by Gasteiger charge is 2.48. The van der Waals surface area contributed by atoms with Gasteiger partial charge in [0.1, 0.15) is 24.2 Å². The molecule has 3 aromatic rings. The average molecular weight is 613 g/mol. The van der Waals surface area contributed by atoms with Crippen molar-refractivity contribution in [2.45, 2.75) is 94.0 Å². The van der Waals surface area contributed by atoms with E-state index in [4.69, 9.17) is 25.0 Å². The fourth-order valence-corrected chi connectivity index (χ4v) is 8.66. The molecule has 45 heavy (non-hydrogen) atoms. The lowest BCUT2D eigenvalue weighted by Gasteiger charge is -2.41. The molecule has 3 N–H and O–H groups in total. The molecule has 2 aromatic heterocycles. The van der Waals surface area contributed by atoms with Crippen molar-refractivity contribution in [3.05, 3.63) is 46.2 Å². The summed E-state index contributed by atoms with van der Waals surface area (Å²) in [6.45, 7) is 5.00. The van der Waals surface area contributed by atoms with Crippen LogP contribution in [0.15, 0.2) is 22.7 Å². The van der Waals surface area contributed by atoms with E-state index in [1.54, 1.807) is 0 Å². The monoisotopic (exact) mass is 612 g/mol. The largest absolute Gasteiger partial charge is 0.473 e. The lowest BCUT2D eigenvalue weighted by Crippen LogP contribution is -2.52. The van der Waals surface area contributed by atoms with Gasteiger partial charge < -0.3 is 25.2 Å². The SMILES string of the molecule is CC(Oc1cc(N2CCNC3(CC3)C2)nc(-c2noc3c2CCCC32CCCc3ccc(N)c(C#N)c32)n1)C1CC(F)CN1C. The first-order valence-electron chi connectivity index (χ1n) is 16.5. The van der Waals surface area contributed by atoms with Crippen molar-refractivity contribution in [3.63, 3.8) is 0 Å². The van der Waals surface area contributed by atoms with Gasteiger partial charge in [-0.15, -0.1) is 0 Å². The minimum atomic E-state index is -0.853. The highest BCUT2D eigenvalue weighted by molar-refractivity contribution is 5.67. The normalized spacial score (nSPS) is 27.6. The Bertz CT molecular complexity index is 1680. The molecule has 10 nitrogen and oxygen atoms in total. The minimum absolute atomic E-state index is 0.0383. The molecule has 4 unspecified atom stereocenters. The van der Waals surface area contributed by atoms with Crippen molar-refractivity contribution in [2.75, 3.05) is 43.9 Å². The first-order valence-corrected chi connectivity index (χ1v) is 16.5. The number of aromatic nitrogens is 3. The summed E-state index contributed by atoms with van der Waals surface area (Å²) in [7, 11) is 1.95. The number of benzene rings is 1. The van der Waals surface area contributed by atoms with Gasteiger partial charge in [0.05, 0.1) is 11.0 Å². The summed E-state index contributed by atoms with van der Waals surface area (Å²) < 4.78 is 27.0. The van der Waals surface area contributed by atoms with Gasteiger partial charge in [-0.05, 0) is 89.0 Å². The summed E-state index contributed by atoms with van der Waals surface area (Å²) in [5, 5.41) is 18.5. The van der Waals surface area contributed by atoms with Crippen molar-refractivity contribution in [2.24, 2.45) is 0 Å².